The lowest BCUT2D eigenvalue weighted by Crippen LogP contribution is -2.22. The highest BCUT2D eigenvalue weighted by Gasteiger charge is 2.17. The van der Waals surface area contributed by atoms with E-state index < -0.39 is 0 Å². The van der Waals surface area contributed by atoms with Crippen LogP contribution in [0.3, 0.4) is 0 Å². The number of fused-ring (bicyclic) bond motifs is 1. The molecule has 3 heteroatoms. The second-order valence-corrected chi connectivity index (χ2v) is 4.85. The second-order valence-electron chi connectivity index (χ2n) is 4.85. The molecule has 3 nitrogen and oxygen atoms in total. The number of aromatic nitrogens is 1. The highest BCUT2D eigenvalue weighted by Crippen LogP contribution is 2.27. The van der Waals surface area contributed by atoms with E-state index in [0.29, 0.717) is 0 Å². The lowest BCUT2D eigenvalue weighted by atomic mass is 10.1. The first-order valence-corrected chi connectivity index (χ1v) is 7.00. The van der Waals surface area contributed by atoms with Crippen molar-refractivity contribution in [3.63, 3.8) is 0 Å². The Kier molecular flexibility index (Phi) is 3.79. The molecule has 1 N–H and O–H groups in total. The normalized spacial score (nSPS) is 12.7. The molecule has 0 aliphatic rings. The fourth-order valence-electron chi connectivity index (χ4n) is 2.37. The van der Waals surface area contributed by atoms with Crippen molar-refractivity contribution < 1.29 is 4.42 Å². The number of nitrogens with one attached hydrogen (secondary N) is 1. The predicted molar refractivity (Wildman–Crippen MR) is 80.6 cm³/mol. The topological polar surface area (TPSA) is 38.1 Å². The van der Waals surface area contributed by atoms with Crippen molar-refractivity contribution in [2.24, 2.45) is 0 Å². The van der Waals surface area contributed by atoms with Gasteiger partial charge in [0.1, 0.15) is 11.3 Å². The number of pyridine rings is 1. The summed E-state index contributed by atoms with van der Waals surface area (Å²) >= 11 is 0. The molecule has 2 aromatic heterocycles. The molecule has 0 radical (unpaired) electrons. The summed E-state index contributed by atoms with van der Waals surface area (Å²) in [6.45, 7) is 3.11. The van der Waals surface area contributed by atoms with E-state index in [4.69, 9.17) is 4.42 Å². The van der Waals surface area contributed by atoms with Crippen molar-refractivity contribution >= 4 is 11.0 Å². The molecule has 0 bridgehead atoms. The fraction of sp³-hybridized carbons (Fsp3) is 0.235. The van der Waals surface area contributed by atoms with Gasteiger partial charge in [0.15, 0.2) is 0 Å². The van der Waals surface area contributed by atoms with Gasteiger partial charge in [-0.2, -0.15) is 0 Å². The maximum absolute atomic E-state index is 6.00. The van der Waals surface area contributed by atoms with E-state index in [-0.39, 0.29) is 6.04 Å². The van der Waals surface area contributed by atoms with Gasteiger partial charge in [-0.25, -0.2) is 0 Å². The Morgan fingerprint density at radius 2 is 1.95 bits per heavy atom. The quantitative estimate of drug-likeness (QED) is 0.760. The Bertz CT molecular complexity index is 643. The van der Waals surface area contributed by atoms with Crippen LogP contribution in [0.5, 0.6) is 0 Å². The number of para-hydroxylation sites is 1. The molecule has 0 aliphatic carbocycles. The van der Waals surface area contributed by atoms with Gasteiger partial charge in [-0.3, -0.25) is 4.98 Å². The summed E-state index contributed by atoms with van der Waals surface area (Å²) in [5.41, 5.74) is 2.10. The number of nitrogens with zero attached hydrogens (tertiary/aromatic N) is 1. The van der Waals surface area contributed by atoms with Crippen LogP contribution in [0.1, 0.15) is 30.7 Å². The molecule has 3 aromatic rings. The minimum atomic E-state index is 0.0744. The summed E-state index contributed by atoms with van der Waals surface area (Å²) in [6, 6.07) is 14.3. The Labute approximate surface area is 118 Å². The maximum atomic E-state index is 6.00. The van der Waals surface area contributed by atoms with E-state index >= 15 is 0 Å². The van der Waals surface area contributed by atoms with Gasteiger partial charge in [-0.15, -0.1) is 0 Å². The number of hydrogen-bond acceptors (Lipinski definition) is 3. The van der Waals surface area contributed by atoms with E-state index in [0.717, 1.165) is 29.7 Å². The number of furan rings is 1. The lowest BCUT2D eigenvalue weighted by molar-refractivity contribution is 0.469. The monoisotopic (exact) mass is 266 g/mol. The first-order chi connectivity index (χ1) is 9.88. The van der Waals surface area contributed by atoms with Crippen LogP contribution in [-0.2, 0) is 0 Å². The summed E-state index contributed by atoms with van der Waals surface area (Å²) in [5, 5.41) is 4.68. The second kappa shape index (κ2) is 5.88. The molecule has 1 aromatic carbocycles. The molecule has 1 unspecified atom stereocenters. The largest absolute Gasteiger partial charge is 0.459 e. The average Bonchev–Trinajstić information content (AvgIpc) is 2.92. The lowest BCUT2D eigenvalue weighted by Gasteiger charge is -2.16. The number of hydrogen-bond donors (Lipinski definition) is 1. The summed E-state index contributed by atoms with van der Waals surface area (Å²) < 4.78 is 6.00. The first-order valence-electron chi connectivity index (χ1n) is 7.00. The first kappa shape index (κ1) is 12.9. The van der Waals surface area contributed by atoms with Crippen molar-refractivity contribution in [2.75, 3.05) is 6.54 Å². The van der Waals surface area contributed by atoms with Crippen LogP contribution in [0.4, 0.5) is 0 Å². The summed E-state index contributed by atoms with van der Waals surface area (Å²) in [7, 11) is 0. The van der Waals surface area contributed by atoms with Crippen LogP contribution in [0.2, 0.25) is 0 Å². The van der Waals surface area contributed by atoms with Crippen molar-refractivity contribution in [3.8, 4) is 0 Å². The zero-order chi connectivity index (χ0) is 13.8. The summed E-state index contributed by atoms with van der Waals surface area (Å²) in [4.78, 5) is 4.09. The molecule has 20 heavy (non-hydrogen) atoms. The molecule has 2 heterocycles. The molecule has 3 rings (SSSR count). The van der Waals surface area contributed by atoms with Gasteiger partial charge in [0, 0.05) is 17.8 Å². The fourth-order valence-corrected chi connectivity index (χ4v) is 2.37. The summed E-state index contributed by atoms with van der Waals surface area (Å²) in [6.07, 6.45) is 4.72. The van der Waals surface area contributed by atoms with Crippen LogP contribution in [0.25, 0.3) is 11.0 Å². The molecular weight excluding hydrogens is 248 g/mol. The Morgan fingerprint density at radius 1 is 1.15 bits per heavy atom. The highest BCUT2D eigenvalue weighted by molar-refractivity contribution is 5.77. The Balaban J connectivity index is 2.00. The minimum Gasteiger partial charge on any atom is -0.459 e. The van der Waals surface area contributed by atoms with E-state index in [2.05, 4.69) is 29.4 Å². The van der Waals surface area contributed by atoms with E-state index in [1.807, 2.05) is 42.7 Å². The zero-order valence-electron chi connectivity index (χ0n) is 11.5. The van der Waals surface area contributed by atoms with Crippen molar-refractivity contribution in [3.05, 3.63) is 66.2 Å². The highest BCUT2D eigenvalue weighted by atomic mass is 16.3. The molecular formula is C17H18N2O. The third kappa shape index (κ3) is 2.58. The van der Waals surface area contributed by atoms with Gasteiger partial charge >= 0.3 is 0 Å². The van der Waals surface area contributed by atoms with Gasteiger partial charge in [0.05, 0.1) is 6.04 Å². The number of benzene rings is 1. The van der Waals surface area contributed by atoms with Crippen LogP contribution >= 0.6 is 0 Å². The average molecular weight is 266 g/mol. The van der Waals surface area contributed by atoms with Gasteiger partial charge in [-0.05, 0) is 42.8 Å². The minimum absolute atomic E-state index is 0.0744. The third-order valence-corrected chi connectivity index (χ3v) is 3.37. The van der Waals surface area contributed by atoms with Crippen LogP contribution in [0.15, 0.2) is 59.3 Å². The molecule has 102 valence electrons. The molecule has 0 amide bonds. The molecule has 0 spiro atoms. The van der Waals surface area contributed by atoms with Gasteiger partial charge < -0.3 is 9.73 Å². The molecule has 1 atom stereocenters. The molecule has 0 saturated heterocycles. The van der Waals surface area contributed by atoms with Crippen LogP contribution < -0.4 is 5.32 Å². The third-order valence-electron chi connectivity index (χ3n) is 3.37. The standard InChI is InChI=1S/C17H18N2O/c1-2-9-19-17(13-7-10-18-11-8-13)16-12-14-5-3-4-6-15(14)20-16/h3-8,10-12,17,19H,2,9H2,1H3. The zero-order valence-corrected chi connectivity index (χ0v) is 11.5. The van der Waals surface area contributed by atoms with E-state index in [9.17, 15) is 0 Å². The smallest absolute Gasteiger partial charge is 0.134 e. The maximum Gasteiger partial charge on any atom is 0.134 e. The van der Waals surface area contributed by atoms with Gasteiger partial charge in [0.2, 0.25) is 0 Å². The van der Waals surface area contributed by atoms with Crippen LogP contribution in [0, 0.1) is 0 Å². The SMILES string of the molecule is CCCNC(c1ccncc1)c1cc2ccccc2o1. The van der Waals surface area contributed by atoms with Crippen molar-refractivity contribution in [2.45, 2.75) is 19.4 Å². The Morgan fingerprint density at radius 3 is 2.70 bits per heavy atom. The predicted octanol–water partition coefficient (Wildman–Crippen LogP) is 3.92. The van der Waals surface area contributed by atoms with Gasteiger partial charge in [0.25, 0.3) is 0 Å². The van der Waals surface area contributed by atoms with Crippen molar-refractivity contribution in [1.82, 2.24) is 10.3 Å². The molecule has 0 fully saturated rings. The van der Waals surface area contributed by atoms with Crippen molar-refractivity contribution in [1.29, 1.82) is 0 Å². The van der Waals surface area contributed by atoms with E-state index in [1.54, 1.807) is 0 Å². The van der Waals surface area contributed by atoms with E-state index in [1.165, 1.54) is 5.56 Å². The number of rotatable bonds is 5. The van der Waals surface area contributed by atoms with Crippen LogP contribution in [-0.4, -0.2) is 11.5 Å². The summed E-state index contributed by atoms with van der Waals surface area (Å²) in [5.74, 6) is 0.950. The Hall–Kier alpha value is -2.13. The molecule has 0 aliphatic heterocycles. The van der Waals surface area contributed by atoms with Gasteiger partial charge in [-0.1, -0.05) is 25.1 Å². The molecule has 0 saturated carbocycles.